The smallest absolute Gasteiger partial charge is 0.335 e. The molecule has 0 saturated heterocycles. The lowest BCUT2D eigenvalue weighted by Crippen LogP contribution is -2.25. The summed E-state index contributed by atoms with van der Waals surface area (Å²) in [5, 5.41) is 11.0. The fraction of sp³-hybridized carbons (Fsp3) is 0.222. The zero-order valence-electron chi connectivity index (χ0n) is 14.1. The minimum Gasteiger partial charge on any atom is -0.497 e. The second kappa shape index (κ2) is 7.22. The normalized spacial score (nSPS) is 18.6. The average molecular weight is 356 g/mol. The van der Waals surface area contributed by atoms with E-state index < -0.39 is 23.0 Å². The zero-order valence-corrected chi connectivity index (χ0v) is 14.1. The van der Waals surface area contributed by atoms with E-state index in [1.807, 2.05) is 0 Å². The predicted molar refractivity (Wildman–Crippen MR) is 92.3 cm³/mol. The van der Waals surface area contributed by atoms with Crippen LogP contribution in [-0.4, -0.2) is 37.1 Å². The molecule has 0 fully saturated rings. The summed E-state index contributed by atoms with van der Waals surface area (Å²) in [6.45, 7) is 0. The van der Waals surface area contributed by atoms with Gasteiger partial charge in [0.25, 0.3) is 5.69 Å². The van der Waals surface area contributed by atoms with E-state index in [9.17, 15) is 14.9 Å². The van der Waals surface area contributed by atoms with Crippen molar-refractivity contribution in [2.75, 3.05) is 14.2 Å². The van der Waals surface area contributed by atoms with Crippen LogP contribution in [0, 0.1) is 10.1 Å². The minimum absolute atomic E-state index is 0.0902. The molecule has 0 radical (unpaired) electrons. The van der Waals surface area contributed by atoms with E-state index in [1.165, 1.54) is 25.3 Å². The number of aliphatic imine (C=N–C) groups is 1. The lowest BCUT2D eigenvalue weighted by atomic mass is 10.0. The lowest BCUT2D eigenvalue weighted by Gasteiger charge is -2.16. The summed E-state index contributed by atoms with van der Waals surface area (Å²) in [5.41, 5.74) is 1.04. The van der Waals surface area contributed by atoms with Gasteiger partial charge in [0.05, 0.1) is 19.1 Å². The molecular formula is C18H16N2O6. The second-order valence-corrected chi connectivity index (χ2v) is 5.52. The maximum atomic E-state index is 12.1. The van der Waals surface area contributed by atoms with E-state index in [4.69, 9.17) is 14.2 Å². The highest BCUT2D eigenvalue weighted by molar-refractivity contribution is 5.98. The number of carbonyl (C=O) groups excluding carboxylic acids is 1. The Balaban J connectivity index is 1.94. The van der Waals surface area contributed by atoms with Gasteiger partial charge in [0.1, 0.15) is 5.75 Å². The molecule has 2 aromatic rings. The maximum absolute atomic E-state index is 12.1. The van der Waals surface area contributed by atoms with Crippen molar-refractivity contribution >= 4 is 17.6 Å². The molecule has 26 heavy (non-hydrogen) atoms. The summed E-state index contributed by atoms with van der Waals surface area (Å²) in [4.78, 5) is 27.0. The van der Waals surface area contributed by atoms with E-state index in [0.29, 0.717) is 16.9 Å². The number of carbonyl (C=O) groups is 1. The van der Waals surface area contributed by atoms with Crippen molar-refractivity contribution in [2.45, 2.75) is 12.1 Å². The first kappa shape index (κ1) is 17.4. The number of methoxy groups -OCH3 is 2. The van der Waals surface area contributed by atoms with Gasteiger partial charge in [0, 0.05) is 23.3 Å². The maximum Gasteiger partial charge on any atom is 0.335 e. The summed E-state index contributed by atoms with van der Waals surface area (Å²) in [7, 11) is 2.82. The fourth-order valence-electron chi connectivity index (χ4n) is 2.65. The molecule has 0 spiro atoms. The number of non-ortho nitro benzene ring substituents is 1. The SMILES string of the molecule is COC(=O)[C@@H]1N=C(c2ccc(OC)cc2)O[C@@H]1c1cccc([N+](=O)[O-])c1. The average Bonchev–Trinajstić information content (AvgIpc) is 3.13. The minimum atomic E-state index is -0.945. The number of rotatable bonds is 5. The summed E-state index contributed by atoms with van der Waals surface area (Å²) in [6, 6.07) is 12.0. The highest BCUT2D eigenvalue weighted by Gasteiger charge is 2.39. The van der Waals surface area contributed by atoms with Crippen molar-refractivity contribution < 1.29 is 23.9 Å². The number of ether oxygens (including phenoxy) is 3. The third-order valence-electron chi connectivity index (χ3n) is 3.97. The molecule has 0 aliphatic carbocycles. The second-order valence-electron chi connectivity index (χ2n) is 5.52. The standard InChI is InChI=1S/C18H16N2O6/c1-24-14-8-6-11(7-9-14)17-19-15(18(21)25-2)16(26-17)12-4-3-5-13(10-12)20(22)23/h3-10,15-16H,1-2H3/t15-,16-/m1/s1. The van der Waals surface area contributed by atoms with Crippen molar-refractivity contribution in [3.8, 4) is 5.75 Å². The number of benzene rings is 2. The molecule has 2 atom stereocenters. The van der Waals surface area contributed by atoms with Crippen molar-refractivity contribution in [1.29, 1.82) is 0 Å². The van der Waals surface area contributed by atoms with Crippen molar-refractivity contribution in [2.24, 2.45) is 4.99 Å². The van der Waals surface area contributed by atoms with Crippen LogP contribution >= 0.6 is 0 Å². The van der Waals surface area contributed by atoms with Gasteiger partial charge in [-0.25, -0.2) is 9.79 Å². The van der Waals surface area contributed by atoms with Gasteiger partial charge in [-0.15, -0.1) is 0 Å². The molecule has 0 aromatic heterocycles. The van der Waals surface area contributed by atoms with Crippen LogP contribution < -0.4 is 4.74 Å². The molecule has 0 amide bonds. The van der Waals surface area contributed by atoms with Gasteiger partial charge in [-0.1, -0.05) is 12.1 Å². The van der Waals surface area contributed by atoms with Crippen LogP contribution in [0.3, 0.4) is 0 Å². The van der Waals surface area contributed by atoms with Crippen LogP contribution in [0.4, 0.5) is 5.69 Å². The molecule has 8 nitrogen and oxygen atoms in total. The first-order valence-corrected chi connectivity index (χ1v) is 7.74. The van der Waals surface area contributed by atoms with Crippen molar-refractivity contribution in [3.63, 3.8) is 0 Å². The molecule has 1 aliphatic rings. The van der Waals surface area contributed by atoms with Crippen LogP contribution in [0.5, 0.6) is 5.75 Å². The molecule has 1 aliphatic heterocycles. The van der Waals surface area contributed by atoms with E-state index in [1.54, 1.807) is 37.4 Å². The van der Waals surface area contributed by atoms with Gasteiger partial charge in [0.15, 0.2) is 12.1 Å². The Kier molecular flexibility index (Phi) is 4.83. The number of esters is 1. The Hall–Kier alpha value is -3.42. The molecule has 2 aromatic carbocycles. The van der Waals surface area contributed by atoms with Crippen LogP contribution in [-0.2, 0) is 14.3 Å². The van der Waals surface area contributed by atoms with Crippen LogP contribution in [0.25, 0.3) is 0 Å². The molecule has 134 valence electrons. The zero-order chi connectivity index (χ0) is 18.7. The van der Waals surface area contributed by atoms with E-state index in [2.05, 4.69) is 4.99 Å². The first-order chi connectivity index (χ1) is 12.5. The largest absolute Gasteiger partial charge is 0.497 e. The van der Waals surface area contributed by atoms with E-state index in [-0.39, 0.29) is 11.6 Å². The highest BCUT2D eigenvalue weighted by Crippen LogP contribution is 2.33. The molecule has 3 rings (SSSR count). The molecule has 0 unspecified atom stereocenters. The van der Waals surface area contributed by atoms with Gasteiger partial charge < -0.3 is 14.2 Å². The Morgan fingerprint density at radius 1 is 1.19 bits per heavy atom. The van der Waals surface area contributed by atoms with Gasteiger partial charge >= 0.3 is 5.97 Å². The van der Waals surface area contributed by atoms with Gasteiger partial charge in [-0.2, -0.15) is 0 Å². The monoisotopic (exact) mass is 356 g/mol. The Bertz CT molecular complexity index is 862. The van der Waals surface area contributed by atoms with Crippen LogP contribution in [0.2, 0.25) is 0 Å². The number of hydrogen-bond donors (Lipinski definition) is 0. The Labute approximate surface area is 149 Å². The number of hydrogen-bond acceptors (Lipinski definition) is 7. The summed E-state index contributed by atoms with van der Waals surface area (Å²) >= 11 is 0. The molecule has 0 N–H and O–H groups in total. The third-order valence-corrected chi connectivity index (χ3v) is 3.97. The molecule has 1 heterocycles. The summed E-state index contributed by atoms with van der Waals surface area (Å²) in [6.07, 6.45) is -0.806. The highest BCUT2D eigenvalue weighted by atomic mass is 16.6. The van der Waals surface area contributed by atoms with Gasteiger partial charge in [0.2, 0.25) is 5.90 Å². The molecule has 8 heteroatoms. The number of nitro benzene ring substituents is 1. The van der Waals surface area contributed by atoms with Gasteiger partial charge in [-0.3, -0.25) is 10.1 Å². The molecular weight excluding hydrogens is 340 g/mol. The fourth-order valence-corrected chi connectivity index (χ4v) is 2.65. The van der Waals surface area contributed by atoms with Crippen LogP contribution in [0.1, 0.15) is 17.2 Å². The number of nitrogens with zero attached hydrogens (tertiary/aromatic N) is 2. The Morgan fingerprint density at radius 2 is 1.92 bits per heavy atom. The van der Waals surface area contributed by atoms with E-state index >= 15 is 0 Å². The lowest BCUT2D eigenvalue weighted by molar-refractivity contribution is -0.385. The predicted octanol–water partition coefficient (Wildman–Crippen LogP) is 2.66. The Morgan fingerprint density at radius 3 is 2.54 bits per heavy atom. The summed E-state index contributed by atoms with van der Waals surface area (Å²) in [5.74, 6) is 0.358. The molecule has 0 bridgehead atoms. The quantitative estimate of drug-likeness (QED) is 0.464. The topological polar surface area (TPSA) is 100 Å². The van der Waals surface area contributed by atoms with Gasteiger partial charge in [-0.05, 0) is 24.3 Å². The van der Waals surface area contributed by atoms with Crippen molar-refractivity contribution in [3.05, 3.63) is 69.8 Å². The third kappa shape index (κ3) is 3.34. The van der Waals surface area contributed by atoms with E-state index in [0.717, 1.165) is 0 Å². The summed E-state index contributed by atoms with van der Waals surface area (Å²) < 4.78 is 15.8. The van der Waals surface area contributed by atoms with Crippen LogP contribution in [0.15, 0.2) is 53.5 Å². The van der Waals surface area contributed by atoms with Crippen molar-refractivity contribution in [1.82, 2.24) is 0 Å². The first-order valence-electron chi connectivity index (χ1n) is 7.74. The molecule has 0 saturated carbocycles. The number of nitro groups is 1.